The fraction of sp³-hybridized carbons (Fsp3) is 0.167. The smallest absolute Gasteiger partial charge is 0.253 e. The van der Waals surface area contributed by atoms with Gasteiger partial charge in [0.05, 0.1) is 18.3 Å². The fourth-order valence-corrected chi connectivity index (χ4v) is 1.48. The Balaban J connectivity index is 2.04. The first-order chi connectivity index (χ1) is 8.16. The van der Waals surface area contributed by atoms with Crippen molar-refractivity contribution in [1.82, 2.24) is 10.5 Å². The molecule has 1 heterocycles. The van der Waals surface area contributed by atoms with E-state index in [2.05, 4.69) is 10.5 Å². The first kappa shape index (κ1) is 11.2. The van der Waals surface area contributed by atoms with Crippen LogP contribution in [-0.4, -0.2) is 11.1 Å². The van der Waals surface area contributed by atoms with Crippen LogP contribution in [0.4, 0.5) is 5.69 Å². The van der Waals surface area contributed by atoms with Crippen LogP contribution in [0.25, 0.3) is 0 Å². The lowest BCUT2D eigenvalue weighted by Crippen LogP contribution is -2.23. The Morgan fingerprint density at radius 2 is 2.29 bits per heavy atom. The van der Waals surface area contributed by atoms with Gasteiger partial charge in [0.15, 0.2) is 5.76 Å². The van der Waals surface area contributed by atoms with Crippen LogP contribution < -0.4 is 11.1 Å². The SMILES string of the molecule is Cc1ccc(C(=O)NCc2ccno2)c(N)c1. The summed E-state index contributed by atoms with van der Waals surface area (Å²) in [5, 5.41) is 6.26. The minimum absolute atomic E-state index is 0.223. The van der Waals surface area contributed by atoms with E-state index >= 15 is 0 Å². The number of hydrogen-bond donors (Lipinski definition) is 2. The second-order valence-corrected chi connectivity index (χ2v) is 3.75. The third-order valence-electron chi connectivity index (χ3n) is 2.37. The van der Waals surface area contributed by atoms with E-state index in [1.165, 1.54) is 6.20 Å². The van der Waals surface area contributed by atoms with Gasteiger partial charge in [0.1, 0.15) is 0 Å². The van der Waals surface area contributed by atoms with Crippen molar-refractivity contribution in [2.45, 2.75) is 13.5 Å². The van der Waals surface area contributed by atoms with Crippen molar-refractivity contribution in [3.8, 4) is 0 Å². The topological polar surface area (TPSA) is 81.2 Å². The molecule has 5 nitrogen and oxygen atoms in total. The Morgan fingerprint density at radius 1 is 1.47 bits per heavy atom. The number of hydrogen-bond acceptors (Lipinski definition) is 4. The number of aryl methyl sites for hydroxylation is 1. The van der Waals surface area contributed by atoms with Crippen LogP contribution in [0.5, 0.6) is 0 Å². The van der Waals surface area contributed by atoms with E-state index in [9.17, 15) is 4.79 Å². The quantitative estimate of drug-likeness (QED) is 0.784. The number of nitrogens with zero attached hydrogens (tertiary/aromatic N) is 1. The highest BCUT2D eigenvalue weighted by Gasteiger charge is 2.09. The van der Waals surface area contributed by atoms with Crippen LogP contribution in [-0.2, 0) is 6.54 Å². The zero-order valence-electron chi connectivity index (χ0n) is 9.43. The molecule has 2 aromatic rings. The molecular weight excluding hydrogens is 218 g/mol. The highest BCUT2D eigenvalue weighted by Crippen LogP contribution is 2.13. The summed E-state index contributed by atoms with van der Waals surface area (Å²) in [5.41, 5.74) is 7.74. The van der Waals surface area contributed by atoms with Gasteiger partial charge in [-0.3, -0.25) is 4.79 Å². The van der Waals surface area contributed by atoms with Crippen LogP contribution in [0.1, 0.15) is 21.7 Å². The molecule has 0 saturated carbocycles. The van der Waals surface area contributed by atoms with Crippen molar-refractivity contribution in [1.29, 1.82) is 0 Å². The van der Waals surface area contributed by atoms with E-state index in [0.717, 1.165) is 5.56 Å². The molecule has 0 fully saturated rings. The molecule has 0 aliphatic rings. The molecule has 0 radical (unpaired) electrons. The van der Waals surface area contributed by atoms with Gasteiger partial charge < -0.3 is 15.6 Å². The van der Waals surface area contributed by atoms with Crippen LogP contribution in [0.2, 0.25) is 0 Å². The molecule has 3 N–H and O–H groups in total. The van der Waals surface area contributed by atoms with E-state index < -0.39 is 0 Å². The molecule has 0 unspecified atom stereocenters. The predicted molar refractivity (Wildman–Crippen MR) is 63.3 cm³/mol. The molecule has 0 bridgehead atoms. The molecule has 0 saturated heterocycles. The van der Waals surface area contributed by atoms with Gasteiger partial charge in [-0.15, -0.1) is 0 Å². The van der Waals surface area contributed by atoms with Crippen molar-refractivity contribution in [2.75, 3.05) is 5.73 Å². The first-order valence-electron chi connectivity index (χ1n) is 5.20. The molecule has 1 amide bonds. The Labute approximate surface area is 98.6 Å². The normalized spacial score (nSPS) is 10.2. The van der Waals surface area contributed by atoms with E-state index in [1.54, 1.807) is 18.2 Å². The number of carbonyl (C=O) groups excluding carboxylic acids is 1. The first-order valence-corrected chi connectivity index (χ1v) is 5.20. The standard InChI is InChI=1S/C12H13N3O2/c1-8-2-3-10(11(13)6-8)12(16)14-7-9-4-5-15-17-9/h2-6H,7,13H2,1H3,(H,14,16). The summed E-state index contributed by atoms with van der Waals surface area (Å²) >= 11 is 0. The van der Waals surface area contributed by atoms with Crippen molar-refractivity contribution in [3.63, 3.8) is 0 Å². The summed E-state index contributed by atoms with van der Waals surface area (Å²) in [7, 11) is 0. The third kappa shape index (κ3) is 2.63. The van der Waals surface area contributed by atoms with Gasteiger partial charge in [-0.2, -0.15) is 0 Å². The van der Waals surface area contributed by atoms with Crippen LogP contribution in [0.15, 0.2) is 35.0 Å². The second kappa shape index (κ2) is 4.69. The summed E-state index contributed by atoms with van der Waals surface area (Å²) in [6, 6.07) is 7.02. The van der Waals surface area contributed by atoms with Crippen molar-refractivity contribution in [2.24, 2.45) is 0 Å². The van der Waals surface area contributed by atoms with Crippen LogP contribution in [0, 0.1) is 6.92 Å². The second-order valence-electron chi connectivity index (χ2n) is 3.75. The van der Waals surface area contributed by atoms with Gasteiger partial charge >= 0.3 is 0 Å². The summed E-state index contributed by atoms with van der Waals surface area (Å²) < 4.78 is 4.87. The summed E-state index contributed by atoms with van der Waals surface area (Å²) in [4.78, 5) is 11.8. The molecule has 0 spiro atoms. The maximum absolute atomic E-state index is 11.8. The lowest BCUT2D eigenvalue weighted by molar-refractivity contribution is 0.0948. The number of nitrogens with one attached hydrogen (secondary N) is 1. The third-order valence-corrected chi connectivity index (χ3v) is 2.37. The number of nitrogen functional groups attached to an aromatic ring is 1. The largest absolute Gasteiger partial charge is 0.398 e. The number of aromatic nitrogens is 1. The zero-order chi connectivity index (χ0) is 12.3. The Morgan fingerprint density at radius 3 is 2.94 bits per heavy atom. The van der Waals surface area contributed by atoms with Crippen molar-refractivity contribution >= 4 is 11.6 Å². The number of carbonyl (C=O) groups is 1. The minimum atomic E-state index is -0.223. The number of anilines is 1. The van der Waals surface area contributed by atoms with Gasteiger partial charge in [-0.1, -0.05) is 11.2 Å². The van der Waals surface area contributed by atoms with Gasteiger partial charge in [-0.05, 0) is 24.6 Å². The average Bonchev–Trinajstić information content (AvgIpc) is 2.78. The Hall–Kier alpha value is -2.30. The molecule has 0 aliphatic carbocycles. The maximum atomic E-state index is 11.8. The summed E-state index contributed by atoms with van der Waals surface area (Å²) in [6.45, 7) is 2.22. The molecule has 88 valence electrons. The van der Waals surface area contributed by atoms with Crippen molar-refractivity contribution in [3.05, 3.63) is 47.3 Å². The molecule has 0 aliphatic heterocycles. The lowest BCUT2D eigenvalue weighted by Gasteiger charge is -2.06. The number of amides is 1. The average molecular weight is 231 g/mol. The highest BCUT2D eigenvalue weighted by molar-refractivity contribution is 5.99. The fourth-order valence-electron chi connectivity index (χ4n) is 1.48. The van der Waals surface area contributed by atoms with E-state index in [0.29, 0.717) is 23.6 Å². The Bertz CT molecular complexity index is 521. The minimum Gasteiger partial charge on any atom is -0.398 e. The predicted octanol–water partition coefficient (Wildman–Crippen LogP) is 1.50. The number of rotatable bonds is 3. The monoisotopic (exact) mass is 231 g/mol. The molecule has 0 atom stereocenters. The summed E-state index contributed by atoms with van der Waals surface area (Å²) in [6.07, 6.45) is 1.53. The van der Waals surface area contributed by atoms with E-state index in [4.69, 9.17) is 10.3 Å². The Kier molecular flexibility index (Phi) is 3.09. The highest BCUT2D eigenvalue weighted by atomic mass is 16.5. The van der Waals surface area contributed by atoms with Gasteiger partial charge in [-0.25, -0.2) is 0 Å². The van der Waals surface area contributed by atoms with Gasteiger partial charge in [0, 0.05) is 11.8 Å². The lowest BCUT2D eigenvalue weighted by atomic mass is 10.1. The number of nitrogens with two attached hydrogens (primary N) is 1. The van der Waals surface area contributed by atoms with Crippen LogP contribution in [0.3, 0.4) is 0 Å². The summed E-state index contributed by atoms with van der Waals surface area (Å²) in [5.74, 6) is 0.378. The molecule has 5 heteroatoms. The van der Waals surface area contributed by atoms with Gasteiger partial charge in [0.25, 0.3) is 5.91 Å². The molecule has 1 aromatic carbocycles. The number of benzene rings is 1. The molecular formula is C12H13N3O2. The molecule has 17 heavy (non-hydrogen) atoms. The zero-order valence-corrected chi connectivity index (χ0v) is 9.43. The molecule has 2 rings (SSSR count). The van der Waals surface area contributed by atoms with Crippen molar-refractivity contribution < 1.29 is 9.32 Å². The van der Waals surface area contributed by atoms with Crippen LogP contribution >= 0.6 is 0 Å². The van der Waals surface area contributed by atoms with E-state index in [1.807, 2.05) is 13.0 Å². The maximum Gasteiger partial charge on any atom is 0.253 e. The van der Waals surface area contributed by atoms with Gasteiger partial charge in [0.2, 0.25) is 0 Å². The van der Waals surface area contributed by atoms with E-state index in [-0.39, 0.29) is 5.91 Å². The molecule has 1 aromatic heterocycles.